The molecule has 1 aromatic carbocycles. The van der Waals surface area contributed by atoms with Crippen molar-refractivity contribution >= 4 is 34.2 Å². The molecule has 1 unspecified atom stereocenters. The fraction of sp³-hybridized carbons (Fsp3) is 0.333. The zero-order valence-electron chi connectivity index (χ0n) is 10.1. The zero-order chi connectivity index (χ0) is 13.1. The van der Waals surface area contributed by atoms with Gasteiger partial charge in [-0.2, -0.15) is 4.98 Å². The lowest BCUT2D eigenvalue weighted by molar-refractivity contribution is 0.418. The summed E-state index contributed by atoms with van der Waals surface area (Å²) in [5.41, 5.74) is 0.777. The lowest BCUT2D eigenvalue weighted by Gasteiger charge is -2.04. The highest BCUT2D eigenvalue weighted by atomic mass is 127. The molecule has 0 radical (unpaired) electrons. The first kappa shape index (κ1) is 13.8. The van der Waals surface area contributed by atoms with Gasteiger partial charge in [-0.3, -0.25) is 0 Å². The van der Waals surface area contributed by atoms with Gasteiger partial charge in [-0.25, -0.2) is 0 Å². The lowest BCUT2D eigenvalue weighted by Crippen LogP contribution is -2.24. The van der Waals surface area contributed by atoms with Crippen LogP contribution in [-0.4, -0.2) is 23.2 Å². The van der Waals surface area contributed by atoms with E-state index in [4.69, 9.17) is 16.1 Å². The quantitative estimate of drug-likeness (QED) is 0.832. The average Bonchev–Trinajstić information content (AvgIpc) is 2.80. The van der Waals surface area contributed by atoms with Gasteiger partial charge in [0.25, 0.3) is 5.89 Å². The number of rotatable bonds is 4. The van der Waals surface area contributed by atoms with Crippen molar-refractivity contribution in [2.75, 3.05) is 7.05 Å². The number of hydrogen-bond acceptors (Lipinski definition) is 4. The van der Waals surface area contributed by atoms with Crippen LogP contribution in [-0.2, 0) is 6.42 Å². The van der Waals surface area contributed by atoms with Crippen molar-refractivity contribution in [3.8, 4) is 11.5 Å². The van der Waals surface area contributed by atoms with Crippen LogP contribution in [0.4, 0.5) is 0 Å². The van der Waals surface area contributed by atoms with Crippen LogP contribution in [0.25, 0.3) is 11.5 Å². The fourth-order valence-corrected chi connectivity index (χ4v) is 2.17. The zero-order valence-corrected chi connectivity index (χ0v) is 13.0. The second-order valence-corrected chi connectivity index (χ2v) is 5.69. The van der Waals surface area contributed by atoms with Gasteiger partial charge in [0.1, 0.15) is 0 Å². The summed E-state index contributed by atoms with van der Waals surface area (Å²) < 4.78 is 6.33. The van der Waals surface area contributed by atoms with Crippen molar-refractivity contribution in [1.29, 1.82) is 0 Å². The number of aromatic nitrogens is 2. The number of halogens is 2. The third kappa shape index (κ3) is 3.21. The molecule has 1 atom stereocenters. The molecule has 0 fully saturated rings. The number of nitrogens with zero attached hydrogens (tertiary/aromatic N) is 2. The SMILES string of the molecule is CNC(C)Cc1noc(-c2cc(I)ccc2Cl)n1. The number of nitrogens with one attached hydrogen (secondary N) is 1. The highest BCUT2D eigenvalue weighted by Crippen LogP contribution is 2.28. The Kier molecular flexibility index (Phi) is 4.58. The molecule has 6 heteroatoms. The van der Waals surface area contributed by atoms with Gasteiger partial charge in [0.05, 0.1) is 10.6 Å². The molecule has 4 nitrogen and oxygen atoms in total. The first-order valence-corrected chi connectivity index (χ1v) is 7.01. The largest absolute Gasteiger partial charge is 0.334 e. The second kappa shape index (κ2) is 5.99. The van der Waals surface area contributed by atoms with E-state index in [-0.39, 0.29) is 0 Å². The Labute approximate surface area is 124 Å². The Morgan fingerprint density at radius 1 is 1.50 bits per heavy atom. The highest BCUT2D eigenvalue weighted by molar-refractivity contribution is 14.1. The van der Waals surface area contributed by atoms with Gasteiger partial charge in [-0.1, -0.05) is 16.8 Å². The van der Waals surface area contributed by atoms with Crippen molar-refractivity contribution in [2.24, 2.45) is 0 Å². The first-order chi connectivity index (χ1) is 8.60. The summed E-state index contributed by atoms with van der Waals surface area (Å²) in [6.45, 7) is 2.06. The molecule has 0 bridgehead atoms. The van der Waals surface area contributed by atoms with Crippen LogP contribution in [0.15, 0.2) is 22.7 Å². The molecule has 0 aliphatic carbocycles. The van der Waals surface area contributed by atoms with E-state index in [0.29, 0.717) is 22.8 Å². The molecule has 96 valence electrons. The van der Waals surface area contributed by atoms with E-state index in [1.54, 1.807) is 0 Å². The maximum Gasteiger partial charge on any atom is 0.259 e. The third-order valence-corrected chi connectivity index (χ3v) is 3.61. The van der Waals surface area contributed by atoms with Gasteiger partial charge in [0.15, 0.2) is 5.82 Å². The normalized spacial score (nSPS) is 12.7. The summed E-state index contributed by atoms with van der Waals surface area (Å²) in [6, 6.07) is 6.01. The molecule has 0 aliphatic rings. The van der Waals surface area contributed by atoms with E-state index in [1.165, 1.54) is 0 Å². The lowest BCUT2D eigenvalue weighted by atomic mass is 10.2. The topological polar surface area (TPSA) is 51.0 Å². The van der Waals surface area contributed by atoms with E-state index < -0.39 is 0 Å². The number of benzene rings is 1. The maximum atomic E-state index is 6.13. The van der Waals surface area contributed by atoms with Crippen LogP contribution < -0.4 is 5.32 Å². The van der Waals surface area contributed by atoms with E-state index in [2.05, 4.69) is 45.0 Å². The van der Waals surface area contributed by atoms with E-state index >= 15 is 0 Å². The minimum atomic E-state index is 0.307. The van der Waals surface area contributed by atoms with E-state index in [1.807, 2.05) is 25.2 Å². The van der Waals surface area contributed by atoms with Gasteiger partial charge in [-0.15, -0.1) is 0 Å². The van der Waals surface area contributed by atoms with Crippen LogP contribution in [0.1, 0.15) is 12.7 Å². The van der Waals surface area contributed by atoms with Crippen molar-refractivity contribution < 1.29 is 4.52 Å². The van der Waals surface area contributed by atoms with Crippen LogP contribution in [0.2, 0.25) is 5.02 Å². The Bertz CT molecular complexity index is 544. The van der Waals surface area contributed by atoms with Gasteiger partial charge >= 0.3 is 0 Å². The molecule has 0 amide bonds. The molecule has 0 spiro atoms. The van der Waals surface area contributed by atoms with Gasteiger partial charge in [-0.05, 0) is 54.8 Å². The van der Waals surface area contributed by atoms with Crippen molar-refractivity contribution in [2.45, 2.75) is 19.4 Å². The molecule has 1 heterocycles. The van der Waals surface area contributed by atoms with Gasteiger partial charge in [0, 0.05) is 16.0 Å². The summed E-state index contributed by atoms with van der Waals surface area (Å²) >= 11 is 8.35. The van der Waals surface area contributed by atoms with Gasteiger partial charge in [0.2, 0.25) is 0 Å². The first-order valence-electron chi connectivity index (χ1n) is 5.55. The Hall–Kier alpha value is -0.660. The van der Waals surface area contributed by atoms with Crippen molar-refractivity contribution in [1.82, 2.24) is 15.5 Å². The predicted octanol–water partition coefficient (Wildman–Crippen LogP) is 3.15. The monoisotopic (exact) mass is 377 g/mol. The Morgan fingerprint density at radius 2 is 2.28 bits per heavy atom. The molecule has 18 heavy (non-hydrogen) atoms. The van der Waals surface area contributed by atoms with Crippen LogP contribution in [0.3, 0.4) is 0 Å². The van der Waals surface area contributed by atoms with Crippen molar-refractivity contribution in [3.05, 3.63) is 32.6 Å². The molecule has 0 saturated heterocycles. The Balaban J connectivity index is 2.26. The molecule has 0 aliphatic heterocycles. The predicted molar refractivity (Wildman–Crippen MR) is 79.7 cm³/mol. The van der Waals surface area contributed by atoms with E-state index in [9.17, 15) is 0 Å². The summed E-state index contributed by atoms with van der Waals surface area (Å²) in [7, 11) is 1.90. The summed E-state index contributed by atoms with van der Waals surface area (Å²) in [5, 5.41) is 7.72. The minimum Gasteiger partial charge on any atom is -0.334 e. The number of hydrogen-bond donors (Lipinski definition) is 1. The smallest absolute Gasteiger partial charge is 0.259 e. The third-order valence-electron chi connectivity index (χ3n) is 2.61. The standard InChI is InChI=1S/C12H13ClIN3O/c1-7(15-2)5-11-16-12(18-17-11)9-6-8(14)3-4-10(9)13/h3-4,6-7,15H,5H2,1-2H3. The maximum absolute atomic E-state index is 6.13. The summed E-state index contributed by atoms with van der Waals surface area (Å²) in [5.74, 6) is 1.15. The molecule has 2 aromatic rings. The fourth-order valence-electron chi connectivity index (χ4n) is 1.48. The molecular formula is C12H13ClIN3O. The molecule has 1 N–H and O–H groups in total. The second-order valence-electron chi connectivity index (χ2n) is 4.03. The molecular weight excluding hydrogens is 365 g/mol. The summed E-state index contributed by atoms with van der Waals surface area (Å²) in [6.07, 6.45) is 0.724. The molecule has 1 aromatic heterocycles. The van der Waals surface area contributed by atoms with Crippen LogP contribution in [0, 0.1) is 3.57 Å². The van der Waals surface area contributed by atoms with Crippen LogP contribution in [0.5, 0.6) is 0 Å². The van der Waals surface area contributed by atoms with Gasteiger partial charge < -0.3 is 9.84 Å². The highest BCUT2D eigenvalue weighted by Gasteiger charge is 2.14. The Morgan fingerprint density at radius 3 is 3.00 bits per heavy atom. The number of likely N-dealkylation sites (N-methyl/N-ethyl adjacent to an activating group) is 1. The molecule has 2 rings (SSSR count). The van der Waals surface area contributed by atoms with E-state index in [0.717, 1.165) is 15.6 Å². The minimum absolute atomic E-state index is 0.307. The molecule has 0 saturated carbocycles. The average molecular weight is 378 g/mol. The van der Waals surface area contributed by atoms with Crippen molar-refractivity contribution in [3.63, 3.8) is 0 Å². The summed E-state index contributed by atoms with van der Waals surface area (Å²) in [4.78, 5) is 4.36. The van der Waals surface area contributed by atoms with Crippen LogP contribution >= 0.6 is 34.2 Å².